The number of methoxy groups -OCH3 is 1. The first-order valence-corrected chi connectivity index (χ1v) is 7.59. The van der Waals surface area contributed by atoms with E-state index in [0.29, 0.717) is 0 Å². The summed E-state index contributed by atoms with van der Waals surface area (Å²) in [6.45, 7) is 1.95. The van der Waals surface area contributed by atoms with Gasteiger partial charge in [-0.05, 0) is 18.6 Å². The third kappa shape index (κ3) is 4.87. The number of rotatable bonds is 6. The first-order valence-electron chi connectivity index (χ1n) is 7.59. The molecule has 0 aliphatic heterocycles. The molecule has 1 amide bonds. The Labute approximate surface area is 144 Å². The maximum Gasteiger partial charge on any atom is 0.328 e. The highest BCUT2D eigenvalue weighted by atomic mass is 16.6. The molecule has 130 valence electrons. The summed E-state index contributed by atoms with van der Waals surface area (Å²) in [5.74, 6) is -1.16. The van der Waals surface area contributed by atoms with Crippen LogP contribution in [-0.2, 0) is 16.0 Å². The van der Waals surface area contributed by atoms with Crippen LogP contribution in [-0.4, -0.2) is 30.0 Å². The molecule has 2 aromatic rings. The fourth-order valence-corrected chi connectivity index (χ4v) is 2.30. The average Bonchev–Trinajstić information content (AvgIpc) is 2.62. The Morgan fingerprint density at radius 2 is 1.88 bits per heavy atom. The smallest absolute Gasteiger partial charge is 0.328 e. The predicted octanol–water partition coefficient (Wildman–Crippen LogP) is 2.42. The summed E-state index contributed by atoms with van der Waals surface area (Å²) in [6.07, 6.45) is 0.258. The third-order valence-electron chi connectivity index (χ3n) is 3.67. The number of benzene rings is 2. The van der Waals surface area contributed by atoms with Gasteiger partial charge >= 0.3 is 5.97 Å². The van der Waals surface area contributed by atoms with Crippen LogP contribution in [0.15, 0.2) is 48.5 Å². The Morgan fingerprint density at radius 1 is 1.20 bits per heavy atom. The van der Waals surface area contributed by atoms with Crippen molar-refractivity contribution in [3.63, 3.8) is 0 Å². The second kappa shape index (κ2) is 8.05. The molecule has 7 heteroatoms. The number of nitrogens with zero attached hydrogens (tertiary/aromatic N) is 1. The highest BCUT2D eigenvalue weighted by Crippen LogP contribution is 2.14. The average molecular weight is 342 g/mol. The van der Waals surface area contributed by atoms with Gasteiger partial charge in [0.05, 0.1) is 12.0 Å². The number of amides is 1. The second-order valence-corrected chi connectivity index (χ2v) is 5.55. The lowest BCUT2D eigenvalue weighted by molar-refractivity contribution is -0.384. The van der Waals surface area contributed by atoms with E-state index >= 15 is 0 Å². The number of ether oxygens (including phenoxy) is 1. The Hall–Kier alpha value is -3.22. The van der Waals surface area contributed by atoms with Gasteiger partial charge in [-0.15, -0.1) is 0 Å². The van der Waals surface area contributed by atoms with Gasteiger partial charge in [-0.1, -0.05) is 35.9 Å². The first kappa shape index (κ1) is 18.1. The van der Waals surface area contributed by atoms with Crippen molar-refractivity contribution in [3.05, 3.63) is 75.3 Å². The monoisotopic (exact) mass is 342 g/mol. The minimum absolute atomic E-state index is 0.104. The molecule has 2 rings (SSSR count). The number of hydrogen-bond acceptors (Lipinski definition) is 5. The van der Waals surface area contributed by atoms with Crippen LogP contribution in [0.2, 0.25) is 0 Å². The predicted molar refractivity (Wildman–Crippen MR) is 91.2 cm³/mol. The lowest BCUT2D eigenvalue weighted by atomic mass is 10.0. The number of nitro groups is 1. The van der Waals surface area contributed by atoms with Gasteiger partial charge in [0.25, 0.3) is 11.6 Å². The quantitative estimate of drug-likeness (QED) is 0.494. The summed E-state index contributed by atoms with van der Waals surface area (Å²) < 4.78 is 4.75. The molecule has 0 aliphatic rings. The Kier molecular flexibility index (Phi) is 5.84. The summed E-state index contributed by atoms with van der Waals surface area (Å²) in [5.41, 5.74) is 1.85. The molecule has 1 atom stereocenters. The molecule has 0 bridgehead atoms. The van der Waals surface area contributed by atoms with Crippen LogP contribution < -0.4 is 5.32 Å². The Balaban J connectivity index is 2.17. The van der Waals surface area contributed by atoms with E-state index < -0.39 is 22.8 Å². The number of carbonyl (C=O) groups excluding carboxylic acids is 2. The fraction of sp³-hybridized carbons (Fsp3) is 0.222. The van der Waals surface area contributed by atoms with Crippen LogP contribution in [0.5, 0.6) is 0 Å². The van der Waals surface area contributed by atoms with Crippen molar-refractivity contribution in [1.82, 2.24) is 5.32 Å². The molecule has 0 saturated heterocycles. The van der Waals surface area contributed by atoms with Crippen LogP contribution in [0.1, 0.15) is 21.5 Å². The van der Waals surface area contributed by atoms with Gasteiger partial charge < -0.3 is 10.1 Å². The van der Waals surface area contributed by atoms with Gasteiger partial charge in [0, 0.05) is 24.1 Å². The van der Waals surface area contributed by atoms with Crippen LogP contribution in [0, 0.1) is 17.0 Å². The Bertz CT molecular complexity index is 786. The van der Waals surface area contributed by atoms with Crippen molar-refractivity contribution in [2.24, 2.45) is 0 Å². The van der Waals surface area contributed by atoms with Crippen molar-refractivity contribution >= 4 is 17.6 Å². The largest absolute Gasteiger partial charge is 0.467 e. The van der Waals surface area contributed by atoms with Gasteiger partial charge in [0.15, 0.2) is 0 Å². The molecular formula is C18H18N2O5. The Morgan fingerprint density at radius 3 is 2.48 bits per heavy atom. The van der Waals surface area contributed by atoms with Gasteiger partial charge in [-0.3, -0.25) is 14.9 Å². The molecule has 1 N–H and O–H groups in total. The van der Waals surface area contributed by atoms with Crippen molar-refractivity contribution in [2.45, 2.75) is 19.4 Å². The van der Waals surface area contributed by atoms with Gasteiger partial charge in [0.2, 0.25) is 0 Å². The summed E-state index contributed by atoms with van der Waals surface area (Å²) >= 11 is 0. The number of esters is 1. The summed E-state index contributed by atoms with van der Waals surface area (Å²) in [4.78, 5) is 34.6. The zero-order valence-corrected chi connectivity index (χ0v) is 13.9. The van der Waals surface area contributed by atoms with E-state index in [1.54, 1.807) is 0 Å². The lowest BCUT2D eigenvalue weighted by Gasteiger charge is -2.17. The highest BCUT2D eigenvalue weighted by Gasteiger charge is 2.23. The maximum absolute atomic E-state index is 12.4. The molecule has 0 aliphatic carbocycles. The minimum Gasteiger partial charge on any atom is -0.467 e. The van der Waals surface area contributed by atoms with E-state index in [1.807, 2.05) is 31.2 Å². The van der Waals surface area contributed by atoms with Gasteiger partial charge in [-0.25, -0.2) is 4.79 Å². The molecule has 0 saturated carbocycles. The number of aryl methyl sites for hydroxylation is 1. The number of nitro benzene ring substituents is 1. The number of non-ortho nitro benzene ring substituents is 1. The summed E-state index contributed by atoms with van der Waals surface area (Å²) in [7, 11) is 1.24. The fourth-order valence-electron chi connectivity index (χ4n) is 2.30. The lowest BCUT2D eigenvalue weighted by Crippen LogP contribution is -2.43. The van der Waals surface area contributed by atoms with E-state index in [-0.39, 0.29) is 17.7 Å². The topological polar surface area (TPSA) is 98.5 Å². The summed E-state index contributed by atoms with van der Waals surface area (Å²) in [6, 6.07) is 12.0. The van der Waals surface area contributed by atoms with Gasteiger partial charge in [-0.2, -0.15) is 0 Å². The molecule has 25 heavy (non-hydrogen) atoms. The molecule has 0 aromatic heterocycles. The van der Waals surface area contributed by atoms with E-state index in [0.717, 1.165) is 17.2 Å². The molecule has 0 radical (unpaired) electrons. The van der Waals surface area contributed by atoms with Crippen molar-refractivity contribution < 1.29 is 19.2 Å². The van der Waals surface area contributed by atoms with Gasteiger partial charge in [0.1, 0.15) is 6.04 Å². The minimum atomic E-state index is -0.889. The van der Waals surface area contributed by atoms with Crippen molar-refractivity contribution in [2.75, 3.05) is 7.11 Å². The van der Waals surface area contributed by atoms with E-state index in [4.69, 9.17) is 4.74 Å². The molecular weight excluding hydrogens is 324 g/mol. The molecule has 7 nitrogen and oxygen atoms in total. The number of carbonyl (C=O) groups is 2. The van der Waals surface area contributed by atoms with Crippen LogP contribution >= 0.6 is 0 Å². The van der Waals surface area contributed by atoms with Crippen LogP contribution in [0.25, 0.3) is 0 Å². The zero-order chi connectivity index (χ0) is 18.4. The second-order valence-electron chi connectivity index (χ2n) is 5.55. The molecule has 0 fully saturated rings. The van der Waals surface area contributed by atoms with Crippen molar-refractivity contribution in [3.8, 4) is 0 Å². The zero-order valence-electron chi connectivity index (χ0n) is 13.9. The number of nitrogens with one attached hydrogen (secondary N) is 1. The molecule has 0 spiro atoms. The SMILES string of the molecule is COC(=O)[C@H](Cc1ccc(C)cc1)NC(=O)c1cccc([N+](=O)[O-])c1. The maximum atomic E-state index is 12.4. The third-order valence-corrected chi connectivity index (χ3v) is 3.67. The highest BCUT2D eigenvalue weighted by molar-refractivity contribution is 5.97. The van der Waals surface area contributed by atoms with E-state index in [9.17, 15) is 19.7 Å². The van der Waals surface area contributed by atoms with E-state index in [1.165, 1.54) is 25.3 Å². The van der Waals surface area contributed by atoms with Crippen LogP contribution in [0.4, 0.5) is 5.69 Å². The van der Waals surface area contributed by atoms with Crippen molar-refractivity contribution in [1.29, 1.82) is 0 Å². The number of hydrogen-bond donors (Lipinski definition) is 1. The standard InChI is InChI=1S/C18H18N2O5/c1-12-6-8-13(9-7-12)10-16(18(22)25-2)19-17(21)14-4-3-5-15(11-14)20(23)24/h3-9,11,16H,10H2,1-2H3,(H,19,21)/t16-/m0/s1. The summed E-state index contributed by atoms with van der Waals surface area (Å²) in [5, 5.41) is 13.4. The van der Waals surface area contributed by atoms with E-state index in [2.05, 4.69) is 5.32 Å². The normalized spacial score (nSPS) is 11.4. The molecule has 2 aromatic carbocycles. The molecule has 0 heterocycles. The van der Waals surface area contributed by atoms with Crippen LogP contribution in [0.3, 0.4) is 0 Å². The molecule has 0 unspecified atom stereocenters. The first-order chi connectivity index (χ1) is 11.9.